The van der Waals surface area contributed by atoms with Crippen molar-refractivity contribution in [3.63, 3.8) is 0 Å². The number of carboxylic acid groups (broad SMARTS) is 1. The molecular formula is C16H22ClN3O3. The van der Waals surface area contributed by atoms with Crippen LogP contribution in [0, 0.1) is 0 Å². The summed E-state index contributed by atoms with van der Waals surface area (Å²) in [4.78, 5) is 15.2. The third kappa shape index (κ3) is 4.84. The Morgan fingerprint density at radius 1 is 1.48 bits per heavy atom. The number of benzene rings is 1. The standard InChI is InChI=1S/C16H22ClN3O3/c1-20-14-6-5-11(18-10-12(21)7-8-17)9-13(14)19-15(20)3-2-4-16(22)23/h5-6,9,12,18,21H,2-4,7-8,10H2,1H3,(H,22,23). The van der Waals surface area contributed by atoms with Crippen molar-refractivity contribution in [2.24, 2.45) is 7.05 Å². The lowest BCUT2D eigenvalue weighted by Crippen LogP contribution is -2.19. The number of hydrogen-bond donors (Lipinski definition) is 3. The minimum Gasteiger partial charge on any atom is -0.481 e. The minimum absolute atomic E-state index is 0.147. The van der Waals surface area contributed by atoms with Gasteiger partial charge in [0.05, 0.1) is 17.1 Å². The number of aliphatic carboxylic acids is 1. The van der Waals surface area contributed by atoms with E-state index in [0.29, 0.717) is 31.7 Å². The molecular weight excluding hydrogens is 318 g/mol. The van der Waals surface area contributed by atoms with Crippen molar-refractivity contribution in [2.75, 3.05) is 17.7 Å². The molecule has 0 aliphatic heterocycles. The molecule has 1 heterocycles. The van der Waals surface area contributed by atoms with E-state index in [1.54, 1.807) is 0 Å². The van der Waals surface area contributed by atoms with Crippen molar-refractivity contribution in [3.8, 4) is 0 Å². The van der Waals surface area contributed by atoms with E-state index in [0.717, 1.165) is 22.5 Å². The van der Waals surface area contributed by atoms with Gasteiger partial charge in [-0.3, -0.25) is 4.79 Å². The van der Waals surface area contributed by atoms with Crippen LogP contribution in [0.5, 0.6) is 0 Å². The molecule has 23 heavy (non-hydrogen) atoms. The summed E-state index contributed by atoms with van der Waals surface area (Å²) in [5, 5.41) is 21.6. The predicted octanol–water partition coefficient (Wildman–Crippen LogP) is 2.38. The predicted molar refractivity (Wildman–Crippen MR) is 91.1 cm³/mol. The van der Waals surface area contributed by atoms with E-state index in [1.165, 1.54) is 0 Å². The van der Waals surface area contributed by atoms with E-state index < -0.39 is 12.1 Å². The average Bonchev–Trinajstić information content (AvgIpc) is 2.81. The van der Waals surface area contributed by atoms with Gasteiger partial charge in [0, 0.05) is 38.0 Å². The third-order valence-electron chi connectivity index (χ3n) is 3.75. The van der Waals surface area contributed by atoms with Crippen LogP contribution in [-0.4, -0.2) is 44.3 Å². The quantitative estimate of drug-likeness (QED) is 0.610. The van der Waals surface area contributed by atoms with Crippen LogP contribution in [0.4, 0.5) is 5.69 Å². The van der Waals surface area contributed by atoms with Gasteiger partial charge in [0.25, 0.3) is 0 Å². The number of nitrogens with one attached hydrogen (secondary N) is 1. The van der Waals surface area contributed by atoms with E-state index in [9.17, 15) is 9.90 Å². The van der Waals surface area contributed by atoms with Crippen molar-refractivity contribution < 1.29 is 15.0 Å². The highest BCUT2D eigenvalue weighted by Gasteiger charge is 2.10. The molecule has 0 saturated carbocycles. The molecule has 1 aromatic carbocycles. The summed E-state index contributed by atoms with van der Waals surface area (Å²) in [7, 11) is 1.93. The van der Waals surface area contributed by atoms with Gasteiger partial charge in [-0.15, -0.1) is 11.6 Å². The summed E-state index contributed by atoms with van der Waals surface area (Å²) < 4.78 is 1.99. The van der Waals surface area contributed by atoms with Gasteiger partial charge in [-0.25, -0.2) is 4.98 Å². The van der Waals surface area contributed by atoms with Gasteiger partial charge in [-0.1, -0.05) is 0 Å². The summed E-state index contributed by atoms with van der Waals surface area (Å²) in [6.45, 7) is 0.441. The number of fused-ring (bicyclic) bond motifs is 1. The first-order chi connectivity index (χ1) is 11.0. The van der Waals surface area contributed by atoms with Gasteiger partial charge in [0.1, 0.15) is 5.82 Å². The highest BCUT2D eigenvalue weighted by Crippen LogP contribution is 2.20. The Morgan fingerprint density at radius 3 is 2.96 bits per heavy atom. The van der Waals surface area contributed by atoms with Gasteiger partial charge < -0.3 is 20.1 Å². The molecule has 0 spiro atoms. The fraction of sp³-hybridized carbons (Fsp3) is 0.500. The van der Waals surface area contributed by atoms with Crippen LogP contribution in [0.15, 0.2) is 18.2 Å². The van der Waals surface area contributed by atoms with Crippen LogP contribution >= 0.6 is 11.6 Å². The first-order valence-electron chi connectivity index (χ1n) is 7.66. The van der Waals surface area contributed by atoms with Gasteiger partial charge in [-0.05, 0) is 31.0 Å². The zero-order chi connectivity index (χ0) is 16.8. The van der Waals surface area contributed by atoms with Crippen LogP contribution in [-0.2, 0) is 18.3 Å². The van der Waals surface area contributed by atoms with Crippen LogP contribution < -0.4 is 5.32 Å². The number of carbonyl (C=O) groups is 1. The summed E-state index contributed by atoms with van der Waals surface area (Å²) in [6, 6.07) is 5.85. The van der Waals surface area contributed by atoms with E-state index in [-0.39, 0.29) is 6.42 Å². The largest absolute Gasteiger partial charge is 0.481 e. The number of aromatic nitrogens is 2. The normalized spacial score (nSPS) is 12.5. The molecule has 0 amide bonds. The Morgan fingerprint density at radius 2 is 2.26 bits per heavy atom. The number of alkyl halides is 1. The number of imidazole rings is 1. The summed E-state index contributed by atoms with van der Waals surface area (Å²) in [6.07, 6.45) is 1.43. The maximum Gasteiger partial charge on any atom is 0.303 e. The van der Waals surface area contributed by atoms with E-state index in [2.05, 4.69) is 10.3 Å². The summed E-state index contributed by atoms with van der Waals surface area (Å²) in [5.74, 6) is 0.522. The second-order valence-corrected chi connectivity index (χ2v) is 5.93. The molecule has 126 valence electrons. The lowest BCUT2D eigenvalue weighted by atomic mass is 10.2. The molecule has 7 heteroatoms. The Balaban J connectivity index is 2.06. The van der Waals surface area contributed by atoms with Gasteiger partial charge in [0.2, 0.25) is 0 Å². The maximum atomic E-state index is 10.6. The molecule has 2 rings (SSSR count). The number of halogens is 1. The smallest absolute Gasteiger partial charge is 0.303 e. The van der Waals surface area contributed by atoms with Crippen LogP contribution in [0.25, 0.3) is 11.0 Å². The molecule has 2 aromatic rings. The fourth-order valence-electron chi connectivity index (χ4n) is 2.44. The van der Waals surface area contributed by atoms with Crippen molar-refractivity contribution in [2.45, 2.75) is 31.8 Å². The molecule has 0 fully saturated rings. The van der Waals surface area contributed by atoms with E-state index >= 15 is 0 Å². The summed E-state index contributed by atoms with van der Waals surface area (Å²) in [5.41, 5.74) is 2.75. The third-order valence-corrected chi connectivity index (χ3v) is 3.97. The number of aryl methyl sites for hydroxylation is 2. The van der Waals surface area contributed by atoms with Crippen molar-refractivity contribution >= 4 is 34.3 Å². The second kappa shape index (κ2) is 8.17. The first kappa shape index (κ1) is 17.6. The molecule has 6 nitrogen and oxygen atoms in total. The maximum absolute atomic E-state index is 10.6. The van der Waals surface area contributed by atoms with E-state index in [1.807, 2.05) is 29.8 Å². The topological polar surface area (TPSA) is 87.4 Å². The van der Waals surface area contributed by atoms with Crippen LogP contribution in [0.2, 0.25) is 0 Å². The van der Waals surface area contributed by atoms with Crippen molar-refractivity contribution in [1.29, 1.82) is 0 Å². The number of nitrogens with zero attached hydrogens (tertiary/aromatic N) is 2. The lowest BCUT2D eigenvalue weighted by molar-refractivity contribution is -0.137. The molecule has 0 aliphatic rings. The zero-order valence-corrected chi connectivity index (χ0v) is 13.9. The van der Waals surface area contributed by atoms with Crippen molar-refractivity contribution in [3.05, 3.63) is 24.0 Å². The van der Waals surface area contributed by atoms with Crippen LogP contribution in [0.3, 0.4) is 0 Å². The molecule has 0 radical (unpaired) electrons. The molecule has 0 bridgehead atoms. The number of aliphatic hydroxyl groups is 1. The SMILES string of the molecule is Cn1c(CCCC(=O)O)nc2cc(NCC(O)CCCl)ccc21. The zero-order valence-electron chi connectivity index (χ0n) is 13.1. The van der Waals surface area contributed by atoms with E-state index in [4.69, 9.17) is 16.7 Å². The Bertz CT molecular complexity index is 672. The second-order valence-electron chi connectivity index (χ2n) is 5.55. The molecule has 3 N–H and O–H groups in total. The van der Waals surface area contributed by atoms with Crippen LogP contribution in [0.1, 0.15) is 25.1 Å². The monoisotopic (exact) mass is 339 g/mol. The highest BCUT2D eigenvalue weighted by molar-refractivity contribution is 6.17. The van der Waals surface area contributed by atoms with Gasteiger partial charge in [0.15, 0.2) is 0 Å². The lowest BCUT2D eigenvalue weighted by Gasteiger charge is -2.11. The molecule has 0 aliphatic carbocycles. The molecule has 0 saturated heterocycles. The molecule has 1 atom stereocenters. The Labute approximate surface area is 140 Å². The van der Waals surface area contributed by atoms with Gasteiger partial charge in [-0.2, -0.15) is 0 Å². The number of anilines is 1. The molecule has 1 aromatic heterocycles. The number of hydrogen-bond acceptors (Lipinski definition) is 4. The fourth-order valence-corrected chi connectivity index (χ4v) is 2.70. The highest BCUT2D eigenvalue weighted by atomic mass is 35.5. The average molecular weight is 340 g/mol. The number of carboxylic acids is 1. The first-order valence-corrected chi connectivity index (χ1v) is 8.19. The molecule has 1 unspecified atom stereocenters. The Hall–Kier alpha value is -1.79. The summed E-state index contributed by atoms with van der Waals surface area (Å²) >= 11 is 5.60. The Kier molecular flexibility index (Phi) is 6.24. The minimum atomic E-state index is -0.786. The number of aliphatic hydroxyl groups excluding tert-OH is 1. The number of rotatable bonds is 9. The van der Waals surface area contributed by atoms with Crippen molar-refractivity contribution in [1.82, 2.24) is 9.55 Å². The van der Waals surface area contributed by atoms with Gasteiger partial charge >= 0.3 is 5.97 Å².